The van der Waals surface area contributed by atoms with Gasteiger partial charge in [-0.1, -0.05) is 11.2 Å². The van der Waals surface area contributed by atoms with Crippen LogP contribution in [0.4, 0.5) is 5.69 Å². The van der Waals surface area contributed by atoms with E-state index in [9.17, 15) is 0 Å². The fourth-order valence-corrected chi connectivity index (χ4v) is 1.63. The molecule has 0 heterocycles. The molecular formula is C10H13IN2O. The van der Waals surface area contributed by atoms with E-state index in [-0.39, 0.29) is 0 Å². The van der Waals surface area contributed by atoms with Gasteiger partial charge >= 0.3 is 0 Å². The van der Waals surface area contributed by atoms with Gasteiger partial charge in [-0.05, 0) is 48.6 Å². The van der Waals surface area contributed by atoms with Gasteiger partial charge in [-0.15, -0.1) is 0 Å². The van der Waals surface area contributed by atoms with E-state index in [1.54, 1.807) is 0 Å². The Morgan fingerprint density at radius 3 is 2.79 bits per heavy atom. The van der Waals surface area contributed by atoms with E-state index in [0.29, 0.717) is 6.61 Å². The van der Waals surface area contributed by atoms with Gasteiger partial charge in [0.25, 0.3) is 0 Å². The van der Waals surface area contributed by atoms with Crippen molar-refractivity contribution in [2.45, 2.75) is 20.5 Å². The summed E-state index contributed by atoms with van der Waals surface area (Å²) in [4.78, 5) is 5.15. The van der Waals surface area contributed by atoms with E-state index in [2.05, 4.69) is 27.7 Å². The molecule has 0 amide bonds. The van der Waals surface area contributed by atoms with Crippen LogP contribution in [0.2, 0.25) is 0 Å². The maximum atomic E-state index is 5.80. The topological polar surface area (TPSA) is 47.6 Å². The predicted molar refractivity (Wildman–Crippen MR) is 67.1 cm³/mol. The molecule has 4 heteroatoms. The molecule has 0 saturated heterocycles. The van der Waals surface area contributed by atoms with Crippen LogP contribution in [0, 0.1) is 3.57 Å². The van der Waals surface area contributed by atoms with Crippen molar-refractivity contribution in [3.63, 3.8) is 0 Å². The molecule has 1 aromatic carbocycles. The normalized spacial score (nSPS) is 9.64. The summed E-state index contributed by atoms with van der Waals surface area (Å²) in [5.74, 6) is 0. The maximum Gasteiger partial charge on any atom is 0.145 e. The van der Waals surface area contributed by atoms with Crippen LogP contribution in [0.15, 0.2) is 23.4 Å². The molecule has 0 aromatic heterocycles. The summed E-state index contributed by atoms with van der Waals surface area (Å²) in [6, 6.07) is 5.79. The Hall–Kier alpha value is -0.780. The Labute approximate surface area is 97.5 Å². The molecule has 0 radical (unpaired) electrons. The van der Waals surface area contributed by atoms with Gasteiger partial charge in [-0.2, -0.15) is 0 Å². The number of hydrogen-bond acceptors (Lipinski definition) is 3. The molecule has 1 aromatic rings. The van der Waals surface area contributed by atoms with Crippen molar-refractivity contribution in [1.82, 2.24) is 0 Å². The SMILES string of the molecule is CC(C)=NOCc1c(N)cccc1I. The van der Waals surface area contributed by atoms with E-state index in [4.69, 9.17) is 10.6 Å². The first kappa shape index (κ1) is 11.3. The average Bonchev–Trinajstić information content (AvgIpc) is 2.09. The summed E-state index contributed by atoms with van der Waals surface area (Å²) in [7, 11) is 0. The van der Waals surface area contributed by atoms with Crippen LogP contribution < -0.4 is 5.73 Å². The van der Waals surface area contributed by atoms with E-state index in [1.165, 1.54) is 0 Å². The number of hydrogen-bond donors (Lipinski definition) is 1. The summed E-state index contributed by atoms with van der Waals surface area (Å²) >= 11 is 2.23. The first-order valence-electron chi connectivity index (χ1n) is 4.27. The largest absolute Gasteiger partial charge is 0.398 e. The predicted octanol–water partition coefficient (Wildman–Crippen LogP) is 2.79. The fourth-order valence-electron chi connectivity index (χ4n) is 0.954. The molecule has 0 saturated carbocycles. The third-order valence-electron chi connectivity index (χ3n) is 1.61. The first-order chi connectivity index (χ1) is 6.61. The highest BCUT2D eigenvalue weighted by Gasteiger charge is 2.03. The van der Waals surface area contributed by atoms with Gasteiger partial charge in [0.1, 0.15) is 6.61 Å². The quantitative estimate of drug-likeness (QED) is 0.404. The van der Waals surface area contributed by atoms with E-state index in [0.717, 1.165) is 20.5 Å². The average molecular weight is 304 g/mol. The molecule has 0 aliphatic rings. The zero-order valence-electron chi connectivity index (χ0n) is 8.25. The van der Waals surface area contributed by atoms with Gasteiger partial charge in [0, 0.05) is 14.8 Å². The van der Waals surface area contributed by atoms with E-state index in [1.807, 2.05) is 32.0 Å². The lowest BCUT2D eigenvalue weighted by atomic mass is 10.2. The molecule has 3 nitrogen and oxygen atoms in total. The minimum Gasteiger partial charge on any atom is -0.398 e. The van der Waals surface area contributed by atoms with Crippen molar-refractivity contribution in [1.29, 1.82) is 0 Å². The van der Waals surface area contributed by atoms with Gasteiger partial charge in [0.05, 0.1) is 5.71 Å². The number of oxime groups is 1. The highest BCUT2D eigenvalue weighted by atomic mass is 127. The van der Waals surface area contributed by atoms with Crippen LogP contribution >= 0.6 is 22.6 Å². The lowest BCUT2D eigenvalue weighted by Crippen LogP contribution is -1.98. The molecule has 0 aliphatic heterocycles. The van der Waals surface area contributed by atoms with E-state index < -0.39 is 0 Å². The number of rotatable bonds is 3. The Bertz CT molecular complexity index is 326. The third-order valence-corrected chi connectivity index (χ3v) is 2.62. The highest BCUT2D eigenvalue weighted by Crippen LogP contribution is 2.19. The third kappa shape index (κ3) is 3.17. The smallest absolute Gasteiger partial charge is 0.145 e. The molecule has 0 fully saturated rings. The van der Waals surface area contributed by atoms with Gasteiger partial charge in [0.2, 0.25) is 0 Å². The lowest BCUT2D eigenvalue weighted by molar-refractivity contribution is 0.130. The van der Waals surface area contributed by atoms with Crippen molar-refractivity contribution in [2.75, 3.05) is 5.73 Å². The first-order valence-corrected chi connectivity index (χ1v) is 5.35. The molecule has 0 unspecified atom stereocenters. The monoisotopic (exact) mass is 304 g/mol. The van der Waals surface area contributed by atoms with Crippen LogP contribution in [-0.2, 0) is 11.4 Å². The number of benzene rings is 1. The standard InChI is InChI=1S/C10H13IN2O/c1-7(2)13-14-6-8-9(11)4-3-5-10(8)12/h3-5H,6,12H2,1-2H3. The lowest BCUT2D eigenvalue weighted by Gasteiger charge is -2.06. The molecule has 1 rings (SSSR count). The molecule has 0 bridgehead atoms. The van der Waals surface area contributed by atoms with Crippen molar-refractivity contribution < 1.29 is 4.84 Å². The minimum absolute atomic E-state index is 0.427. The minimum atomic E-state index is 0.427. The van der Waals surface area contributed by atoms with E-state index >= 15 is 0 Å². The molecule has 2 N–H and O–H groups in total. The Kier molecular flexibility index (Phi) is 4.19. The number of nitrogens with two attached hydrogens (primary N) is 1. The second kappa shape index (κ2) is 5.19. The van der Waals surface area contributed by atoms with Gasteiger partial charge in [-0.3, -0.25) is 0 Å². The maximum absolute atomic E-state index is 5.80. The van der Waals surface area contributed by atoms with Crippen molar-refractivity contribution in [3.8, 4) is 0 Å². The van der Waals surface area contributed by atoms with Crippen molar-refractivity contribution in [3.05, 3.63) is 27.3 Å². The number of anilines is 1. The molecule has 76 valence electrons. The summed E-state index contributed by atoms with van der Waals surface area (Å²) < 4.78 is 1.10. The number of halogens is 1. The summed E-state index contributed by atoms with van der Waals surface area (Å²) in [6.07, 6.45) is 0. The molecule has 0 aliphatic carbocycles. The molecule has 14 heavy (non-hydrogen) atoms. The highest BCUT2D eigenvalue weighted by molar-refractivity contribution is 14.1. The Morgan fingerprint density at radius 1 is 1.50 bits per heavy atom. The zero-order chi connectivity index (χ0) is 10.6. The van der Waals surface area contributed by atoms with Crippen LogP contribution in [-0.4, -0.2) is 5.71 Å². The fraction of sp³-hybridized carbons (Fsp3) is 0.300. The van der Waals surface area contributed by atoms with Crippen LogP contribution in [0.3, 0.4) is 0 Å². The summed E-state index contributed by atoms with van der Waals surface area (Å²) in [5, 5.41) is 3.86. The molecule has 0 atom stereocenters. The second-order valence-electron chi connectivity index (χ2n) is 3.12. The van der Waals surface area contributed by atoms with Crippen LogP contribution in [0.5, 0.6) is 0 Å². The summed E-state index contributed by atoms with van der Waals surface area (Å²) in [5.41, 5.74) is 8.45. The Balaban J connectivity index is 2.71. The summed E-state index contributed by atoms with van der Waals surface area (Å²) in [6.45, 7) is 4.20. The zero-order valence-corrected chi connectivity index (χ0v) is 10.4. The van der Waals surface area contributed by atoms with Crippen LogP contribution in [0.1, 0.15) is 19.4 Å². The van der Waals surface area contributed by atoms with Crippen molar-refractivity contribution >= 4 is 34.0 Å². The molecule has 0 spiro atoms. The molecular weight excluding hydrogens is 291 g/mol. The van der Waals surface area contributed by atoms with Gasteiger partial charge in [-0.25, -0.2) is 0 Å². The Morgan fingerprint density at radius 2 is 2.21 bits per heavy atom. The second-order valence-corrected chi connectivity index (χ2v) is 4.28. The van der Waals surface area contributed by atoms with Crippen LogP contribution in [0.25, 0.3) is 0 Å². The van der Waals surface area contributed by atoms with Gasteiger partial charge in [0.15, 0.2) is 0 Å². The number of nitrogen functional groups attached to an aromatic ring is 1. The van der Waals surface area contributed by atoms with Crippen molar-refractivity contribution in [2.24, 2.45) is 5.16 Å². The van der Waals surface area contributed by atoms with Gasteiger partial charge < -0.3 is 10.6 Å². The number of nitrogens with zero attached hydrogens (tertiary/aromatic N) is 1.